The predicted molar refractivity (Wildman–Crippen MR) is 72.7 cm³/mol. The quantitative estimate of drug-likeness (QED) is 0.722. The van der Waals surface area contributed by atoms with E-state index in [0.29, 0.717) is 22.3 Å². The summed E-state index contributed by atoms with van der Waals surface area (Å²) in [5.41, 5.74) is 5.54. The summed E-state index contributed by atoms with van der Waals surface area (Å²) < 4.78 is 6.37. The van der Waals surface area contributed by atoms with E-state index < -0.39 is 5.54 Å². The molecule has 1 spiro atoms. The molecule has 0 aromatic carbocycles. The predicted octanol–water partition coefficient (Wildman–Crippen LogP) is 0.997. The zero-order valence-corrected chi connectivity index (χ0v) is 12.1. The maximum atomic E-state index is 12.6. The lowest BCUT2D eigenvalue weighted by Gasteiger charge is -2.34. The number of halogens is 1. The van der Waals surface area contributed by atoms with E-state index in [1.165, 1.54) is 4.90 Å². The fourth-order valence-corrected chi connectivity index (χ4v) is 2.96. The molecule has 0 radical (unpaired) electrons. The average molecular weight is 325 g/mol. The first-order chi connectivity index (χ1) is 8.94. The molecule has 1 aromatic rings. The number of nitrogens with two attached hydrogens (primary N) is 1. The number of carbonyl (C=O) groups is 1. The number of hydrogen-bond donors (Lipinski definition) is 1. The minimum absolute atomic E-state index is 0.123. The summed E-state index contributed by atoms with van der Waals surface area (Å²) in [6.45, 7) is 1.91. The fourth-order valence-electron chi connectivity index (χ4n) is 2.63. The largest absolute Gasteiger partial charge is 0.489 e. The number of likely N-dealkylation sites (N-methyl/N-ethyl adjacent to an activating group) is 1. The number of fused-ring (bicyclic) bond motifs is 2. The van der Waals surface area contributed by atoms with Crippen LogP contribution in [0, 0.1) is 0 Å². The average Bonchev–Trinajstić information content (AvgIpc) is 2.56. The third-order valence-electron chi connectivity index (χ3n) is 3.50. The van der Waals surface area contributed by atoms with E-state index in [4.69, 9.17) is 10.5 Å². The maximum Gasteiger partial charge on any atom is 0.261 e. The van der Waals surface area contributed by atoms with E-state index in [2.05, 4.69) is 25.9 Å². The molecule has 19 heavy (non-hydrogen) atoms. The van der Waals surface area contributed by atoms with E-state index in [0.717, 1.165) is 0 Å². The van der Waals surface area contributed by atoms with E-state index in [1.54, 1.807) is 19.3 Å². The van der Waals surface area contributed by atoms with E-state index in [-0.39, 0.29) is 18.0 Å². The molecular weight excluding hydrogens is 312 g/mol. The Balaban J connectivity index is 2.24. The molecule has 2 aliphatic rings. The second kappa shape index (κ2) is 3.93. The first-order valence-corrected chi connectivity index (χ1v) is 6.69. The number of aromatic nitrogens is 1. The van der Waals surface area contributed by atoms with Gasteiger partial charge in [0.25, 0.3) is 5.91 Å². The minimum atomic E-state index is -0.975. The van der Waals surface area contributed by atoms with Crippen molar-refractivity contribution in [1.82, 2.24) is 9.88 Å². The number of rotatable bonds is 0. The highest BCUT2D eigenvalue weighted by molar-refractivity contribution is 9.10. The van der Waals surface area contributed by atoms with Gasteiger partial charge in [0.2, 0.25) is 0 Å². The Labute approximate surface area is 118 Å². The molecule has 3 heterocycles. The zero-order chi connectivity index (χ0) is 13.8. The van der Waals surface area contributed by atoms with Crippen LogP contribution in [0.4, 0.5) is 0 Å². The SMILES string of the molecule is CC1CC2(N=C(N)N(C)C2=O)c2cc(Br)ncc2O1. The van der Waals surface area contributed by atoms with Gasteiger partial charge < -0.3 is 10.5 Å². The van der Waals surface area contributed by atoms with Crippen LogP contribution < -0.4 is 10.5 Å². The number of aliphatic imine (C=N–C) groups is 1. The lowest BCUT2D eigenvalue weighted by Crippen LogP contribution is -2.45. The normalized spacial score (nSPS) is 29.2. The molecule has 6 nitrogen and oxygen atoms in total. The van der Waals surface area contributed by atoms with Crippen molar-refractivity contribution in [2.24, 2.45) is 10.7 Å². The fraction of sp³-hybridized carbons (Fsp3) is 0.417. The van der Waals surface area contributed by atoms with Crippen molar-refractivity contribution >= 4 is 27.8 Å². The van der Waals surface area contributed by atoms with Crippen LogP contribution in [0.1, 0.15) is 18.9 Å². The smallest absolute Gasteiger partial charge is 0.261 e. The summed E-state index contributed by atoms with van der Waals surface area (Å²) in [4.78, 5) is 22.5. The Hall–Kier alpha value is -1.63. The van der Waals surface area contributed by atoms with Gasteiger partial charge in [0.1, 0.15) is 10.4 Å². The molecule has 2 unspecified atom stereocenters. The Morgan fingerprint density at radius 2 is 2.37 bits per heavy atom. The van der Waals surface area contributed by atoms with Gasteiger partial charge in [-0.15, -0.1) is 0 Å². The highest BCUT2D eigenvalue weighted by Gasteiger charge is 2.52. The number of ether oxygens (including phenoxy) is 1. The van der Waals surface area contributed by atoms with Crippen LogP contribution in [-0.2, 0) is 10.3 Å². The molecule has 0 bridgehead atoms. The summed E-state index contributed by atoms with van der Waals surface area (Å²) in [5, 5.41) is 0. The van der Waals surface area contributed by atoms with Crippen molar-refractivity contribution in [2.75, 3.05) is 7.05 Å². The van der Waals surface area contributed by atoms with Crippen molar-refractivity contribution < 1.29 is 9.53 Å². The minimum Gasteiger partial charge on any atom is -0.489 e. The molecule has 1 amide bonds. The van der Waals surface area contributed by atoms with Crippen LogP contribution in [0.2, 0.25) is 0 Å². The van der Waals surface area contributed by atoms with Gasteiger partial charge in [-0.25, -0.2) is 9.98 Å². The van der Waals surface area contributed by atoms with E-state index in [9.17, 15) is 4.79 Å². The molecule has 2 aliphatic heterocycles. The molecule has 0 saturated carbocycles. The summed E-state index contributed by atoms with van der Waals surface area (Å²) >= 11 is 3.31. The lowest BCUT2D eigenvalue weighted by atomic mass is 9.83. The summed E-state index contributed by atoms with van der Waals surface area (Å²) in [6.07, 6.45) is 1.96. The standard InChI is InChI=1S/C12H13BrN4O2/c1-6-4-12(10(18)17(2)11(14)16-12)7-3-9(13)15-5-8(7)19-6/h3,5-6H,4H2,1-2H3,(H2,14,16). The topological polar surface area (TPSA) is 80.8 Å². The van der Waals surface area contributed by atoms with Crippen LogP contribution in [0.3, 0.4) is 0 Å². The molecular formula is C12H13BrN4O2. The maximum absolute atomic E-state index is 12.6. The van der Waals surface area contributed by atoms with Gasteiger partial charge in [-0.1, -0.05) is 0 Å². The highest BCUT2D eigenvalue weighted by atomic mass is 79.9. The van der Waals surface area contributed by atoms with Crippen LogP contribution >= 0.6 is 15.9 Å². The van der Waals surface area contributed by atoms with Crippen molar-refractivity contribution in [2.45, 2.75) is 25.0 Å². The monoisotopic (exact) mass is 324 g/mol. The molecule has 0 aliphatic carbocycles. The van der Waals surface area contributed by atoms with Gasteiger partial charge in [-0.2, -0.15) is 0 Å². The van der Waals surface area contributed by atoms with E-state index in [1.807, 2.05) is 6.92 Å². The Morgan fingerprint density at radius 1 is 1.63 bits per heavy atom. The number of hydrogen-bond acceptors (Lipinski definition) is 5. The highest BCUT2D eigenvalue weighted by Crippen LogP contribution is 2.45. The van der Waals surface area contributed by atoms with Gasteiger partial charge in [0.15, 0.2) is 11.5 Å². The second-order valence-corrected chi connectivity index (χ2v) is 5.64. The van der Waals surface area contributed by atoms with Crippen molar-refractivity contribution in [3.8, 4) is 5.75 Å². The van der Waals surface area contributed by atoms with Crippen molar-refractivity contribution in [3.63, 3.8) is 0 Å². The van der Waals surface area contributed by atoms with Gasteiger partial charge in [-0.05, 0) is 28.9 Å². The number of amides is 1. The molecule has 7 heteroatoms. The van der Waals surface area contributed by atoms with Gasteiger partial charge in [-0.3, -0.25) is 9.69 Å². The van der Waals surface area contributed by atoms with Gasteiger partial charge >= 0.3 is 0 Å². The molecule has 100 valence electrons. The molecule has 3 rings (SSSR count). The second-order valence-electron chi connectivity index (χ2n) is 4.83. The molecule has 2 atom stereocenters. The van der Waals surface area contributed by atoms with Crippen molar-refractivity contribution in [3.05, 3.63) is 22.4 Å². The number of carbonyl (C=O) groups excluding carboxylic acids is 1. The van der Waals surface area contributed by atoms with Gasteiger partial charge in [0, 0.05) is 19.0 Å². The number of pyridine rings is 1. The summed E-state index contributed by atoms with van der Waals surface area (Å²) in [5.74, 6) is 0.694. The van der Waals surface area contributed by atoms with Crippen LogP contribution in [0.25, 0.3) is 0 Å². The van der Waals surface area contributed by atoms with Crippen molar-refractivity contribution in [1.29, 1.82) is 0 Å². The summed E-state index contributed by atoms with van der Waals surface area (Å²) in [6, 6.07) is 1.77. The van der Waals surface area contributed by atoms with Crippen LogP contribution in [-0.4, -0.2) is 34.9 Å². The van der Waals surface area contributed by atoms with Gasteiger partial charge in [0.05, 0.1) is 12.3 Å². The number of guanidine groups is 1. The Kier molecular flexibility index (Phi) is 2.57. The Bertz CT molecular complexity index is 603. The number of nitrogens with zero attached hydrogens (tertiary/aromatic N) is 3. The Morgan fingerprint density at radius 3 is 3.00 bits per heavy atom. The first kappa shape index (κ1) is 12.4. The third-order valence-corrected chi connectivity index (χ3v) is 3.93. The zero-order valence-electron chi connectivity index (χ0n) is 10.6. The third kappa shape index (κ3) is 1.64. The summed E-state index contributed by atoms with van der Waals surface area (Å²) in [7, 11) is 1.63. The molecule has 2 N–H and O–H groups in total. The van der Waals surface area contributed by atoms with E-state index >= 15 is 0 Å². The molecule has 0 saturated heterocycles. The first-order valence-electron chi connectivity index (χ1n) is 5.90. The molecule has 0 fully saturated rings. The lowest BCUT2D eigenvalue weighted by molar-refractivity contribution is -0.132. The van der Waals surface area contributed by atoms with Crippen LogP contribution in [0.15, 0.2) is 21.9 Å². The molecule has 1 aromatic heterocycles. The van der Waals surface area contributed by atoms with Crippen LogP contribution in [0.5, 0.6) is 5.75 Å².